The van der Waals surface area contributed by atoms with Gasteiger partial charge < -0.3 is 0 Å². The van der Waals surface area contributed by atoms with E-state index in [0.29, 0.717) is 5.56 Å². The van der Waals surface area contributed by atoms with Gasteiger partial charge in [-0.2, -0.15) is 0 Å². The van der Waals surface area contributed by atoms with E-state index < -0.39 is 12.2 Å². The molecule has 2 aromatic carbocycles. The Morgan fingerprint density at radius 1 is 0.970 bits per heavy atom. The normalized spacial score (nSPS) is 22.8. The Labute approximate surface area is 195 Å². The van der Waals surface area contributed by atoms with Gasteiger partial charge in [-0.1, -0.05) is 61.7 Å². The summed E-state index contributed by atoms with van der Waals surface area (Å²) in [6, 6.07) is 18.0. The fourth-order valence-corrected chi connectivity index (χ4v) is 5.65. The standard InChI is InChI=1S/C27H33FN4O/c28-19-22-10-7-13-24(18-22)32-26(33)30-25(29-23-11-5-2-6-12-23)27(32)14-16-31(17-15-27)20-21-8-3-1-4-9-21/h1,3-4,7-10,13,18,23H,2,5-6,11-12,14-17,19-20H2,(H,29,30,33). The number of hydrogen-bond donors (Lipinski definition) is 1. The van der Waals surface area contributed by atoms with Crippen LogP contribution in [0.3, 0.4) is 0 Å². The van der Waals surface area contributed by atoms with Crippen molar-refractivity contribution in [1.82, 2.24) is 10.2 Å². The summed E-state index contributed by atoms with van der Waals surface area (Å²) in [6.45, 7) is 2.13. The van der Waals surface area contributed by atoms with Crippen molar-refractivity contribution in [3.05, 3.63) is 65.7 Å². The Kier molecular flexibility index (Phi) is 6.45. The molecule has 174 valence electrons. The Bertz CT molecular complexity index is 994. The van der Waals surface area contributed by atoms with E-state index in [-0.39, 0.29) is 12.1 Å². The largest absolute Gasteiger partial charge is 0.328 e. The van der Waals surface area contributed by atoms with E-state index >= 15 is 0 Å². The molecule has 1 N–H and O–H groups in total. The maximum absolute atomic E-state index is 13.4. The van der Waals surface area contributed by atoms with Gasteiger partial charge in [0.05, 0.1) is 6.04 Å². The van der Waals surface area contributed by atoms with Crippen molar-refractivity contribution in [3.63, 3.8) is 0 Å². The molecule has 0 atom stereocenters. The highest BCUT2D eigenvalue weighted by molar-refractivity contribution is 6.19. The topological polar surface area (TPSA) is 47.9 Å². The third-order valence-corrected chi connectivity index (χ3v) is 7.44. The number of nitrogens with one attached hydrogen (secondary N) is 1. The van der Waals surface area contributed by atoms with Gasteiger partial charge in [0, 0.05) is 25.3 Å². The third-order valence-electron chi connectivity index (χ3n) is 7.44. The minimum Gasteiger partial charge on any atom is -0.299 e. The number of piperidine rings is 1. The number of urea groups is 1. The van der Waals surface area contributed by atoms with Gasteiger partial charge in [-0.25, -0.2) is 9.18 Å². The van der Waals surface area contributed by atoms with Gasteiger partial charge in [0.2, 0.25) is 0 Å². The smallest absolute Gasteiger partial charge is 0.299 e. The van der Waals surface area contributed by atoms with E-state index in [0.717, 1.165) is 56.8 Å². The third kappa shape index (κ3) is 4.54. The molecule has 0 unspecified atom stereocenters. The molecule has 2 saturated heterocycles. The fourth-order valence-electron chi connectivity index (χ4n) is 5.65. The van der Waals surface area contributed by atoms with Crippen LogP contribution in [0.1, 0.15) is 56.1 Å². The monoisotopic (exact) mass is 448 g/mol. The van der Waals surface area contributed by atoms with Crippen LogP contribution in [0.5, 0.6) is 0 Å². The van der Waals surface area contributed by atoms with Crippen molar-refractivity contribution in [2.24, 2.45) is 4.99 Å². The van der Waals surface area contributed by atoms with E-state index in [1.165, 1.54) is 24.8 Å². The SMILES string of the molecule is O=C1NC(=NC2CCCCC2)C2(CCN(Cc3ccccc3)CC2)N1c1cccc(CF)c1. The van der Waals surface area contributed by atoms with Crippen LogP contribution in [0.2, 0.25) is 0 Å². The van der Waals surface area contributed by atoms with Crippen molar-refractivity contribution in [2.75, 3.05) is 18.0 Å². The minimum atomic E-state index is -0.538. The number of amides is 2. The lowest BCUT2D eigenvalue weighted by molar-refractivity contribution is 0.184. The fraction of sp³-hybridized carbons (Fsp3) is 0.481. The number of halogens is 1. The average molecular weight is 449 g/mol. The maximum atomic E-state index is 13.4. The van der Waals surface area contributed by atoms with Crippen LogP contribution in [0.4, 0.5) is 14.9 Å². The molecule has 5 rings (SSSR count). The predicted molar refractivity (Wildman–Crippen MR) is 130 cm³/mol. The number of hydrogen-bond acceptors (Lipinski definition) is 3. The number of likely N-dealkylation sites (tertiary alicyclic amines) is 1. The first-order valence-corrected chi connectivity index (χ1v) is 12.3. The lowest BCUT2D eigenvalue weighted by atomic mass is 9.84. The highest BCUT2D eigenvalue weighted by atomic mass is 19.1. The summed E-state index contributed by atoms with van der Waals surface area (Å²) in [7, 11) is 0. The number of rotatable bonds is 5. The van der Waals surface area contributed by atoms with Crippen LogP contribution >= 0.6 is 0 Å². The zero-order chi connectivity index (χ0) is 22.7. The van der Waals surface area contributed by atoms with E-state index in [1.54, 1.807) is 12.1 Å². The Balaban J connectivity index is 1.44. The zero-order valence-electron chi connectivity index (χ0n) is 19.2. The van der Waals surface area contributed by atoms with Crippen molar-refractivity contribution >= 4 is 17.6 Å². The molecule has 0 aromatic heterocycles. The van der Waals surface area contributed by atoms with E-state index in [1.807, 2.05) is 23.1 Å². The maximum Gasteiger partial charge on any atom is 0.328 e. The molecule has 2 aliphatic heterocycles. The molecule has 2 aromatic rings. The molecule has 1 aliphatic carbocycles. The molecule has 2 heterocycles. The Morgan fingerprint density at radius 2 is 1.70 bits per heavy atom. The second-order valence-electron chi connectivity index (χ2n) is 9.63. The number of benzene rings is 2. The molecule has 6 heteroatoms. The van der Waals surface area contributed by atoms with Crippen LogP contribution in [0.25, 0.3) is 0 Å². The summed E-state index contributed by atoms with van der Waals surface area (Å²) in [5, 5.41) is 3.14. The second-order valence-corrected chi connectivity index (χ2v) is 9.63. The molecule has 33 heavy (non-hydrogen) atoms. The zero-order valence-corrected chi connectivity index (χ0v) is 19.2. The number of amidine groups is 1. The molecular weight excluding hydrogens is 415 g/mol. The molecule has 3 aliphatic rings. The summed E-state index contributed by atoms with van der Waals surface area (Å²) in [5.74, 6) is 0.824. The second kappa shape index (κ2) is 9.64. The number of aliphatic imine (C=N–C) groups is 1. The van der Waals surface area contributed by atoms with Crippen molar-refractivity contribution < 1.29 is 9.18 Å². The number of nitrogens with zero attached hydrogens (tertiary/aromatic N) is 3. The molecule has 1 saturated carbocycles. The van der Waals surface area contributed by atoms with E-state index in [4.69, 9.17) is 4.99 Å². The van der Waals surface area contributed by atoms with Crippen LogP contribution in [0, 0.1) is 0 Å². The average Bonchev–Trinajstić information content (AvgIpc) is 3.12. The quantitative estimate of drug-likeness (QED) is 0.661. The van der Waals surface area contributed by atoms with Crippen LogP contribution in [0.15, 0.2) is 59.6 Å². The molecule has 1 spiro atoms. The van der Waals surface area contributed by atoms with Crippen molar-refractivity contribution in [1.29, 1.82) is 0 Å². The molecule has 2 amide bonds. The van der Waals surface area contributed by atoms with Gasteiger partial charge in [-0.05, 0) is 48.9 Å². The molecule has 0 bridgehead atoms. The van der Waals surface area contributed by atoms with Gasteiger partial charge >= 0.3 is 6.03 Å². The van der Waals surface area contributed by atoms with Crippen LogP contribution < -0.4 is 10.2 Å². The minimum absolute atomic E-state index is 0.142. The van der Waals surface area contributed by atoms with Gasteiger partial charge in [0.15, 0.2) is 0 Å². The molecular formula is C27H33FN4O. The lowest BCUT2D eigenvalue weighted by Gasteiger charge is -2.44. The number of carbonyl (C=O) groups excluding carboxylic acids is 1. The number of carbonyl (C=O) groups is 1. The van der Waals surface area contributed by atoms with Crippen molar-refractivity contribution in [2.45, 2.75) is 69.7 Å². The highest BCUT2D eigenvalue weighted by Gasteiger charge is 2.53. The predicted octanol–water partition coefficient (Wildman–Crippen LogP) is 5.45. The van der Waals surface area contributed by atoms with Crippen molar-refractivity contribution in [3.8, 4) is 0 Å². The van der Waals surface area contributed by atoms with E-state index in [2.05, 4.69) is 34.5 Å². The molecule has 3 fully saturated rings. The van der Waals surface area contributed by atoms with Gasteiger partial charge in [0.1, 0.15) is 18.0 Å². The van der Waals surface area contributed by atoms with Crippen LogP contribution in [-0.2, 0) is 13.2 Å². The summed E-state index contributed by atoms with van der Waals surface area (Å²) < 4.78 is 13.4. The number of anilines is 1. The Morgan fingerprint density at radius 3 is 2.42 bits per heavy atom. The Hall–Kier alpha value is -2.73. The first-order chi connectivity index (χ1) is 16.2. The summed E-state index contributed by atoms with van der Waals surface area (Å²) >= 11 is 0. The molecule has 5 nitrogen and oxygen atoms in total. The van der Waals surface area contributed by atoms with Gasteiger partial charge in [-0.3, -0.25) is 20.1 Å². The van der Waals surface area contributed by atoms with E-state index in [9.17, 15) is 9.18 Å². The highest BCUT2D eigenvalue weighted by Crippen LogP contribution is 2.39. The summed E-state index contributed by atoms with van der Waals surface area (Å²) in [6.07, 6.45) is 7.48. The lowest BCUT2D eigenvalue weighted by Crippen LogP contribution is -2.57. The summed E-state index contributed by atoms with van der Waals surface area (Å²) in [4.78, 5) is 22.8. The summed E-state index contributed by atoms with van der Waals surface area (Å²) in [5.41, 5.74) is 2.16. The van der Waals surface area contributed by atoms with Gasteiger partial charge in [-0.15, -0.1) is 0 Å². The molecule has 0 radical (unpaired) electrons. The van der Waals surface area contributed by atoms with Crippen LogP contribution in [-0.4, -0.2) is 41.4 Å². The van der Waals surface area contributed by atoms with Gasteiger partial charge in [0.25, 0.3) is 0 Å². The first kappa shape index (κ1) is 22.1. The first-order valence-electron chi connectivity index (χ1n) is 12.3. The number of alkyl halides is 1.